The predicted molar refractivity (Wildman–Crippen MR) is 87.2 cm³/mol. The molecule has 6 nitrogen and oxygen atoms in total. The third kappa shape index (κ3) is 3.60. The maximum absolute atomic E-state index is 12.3. The molecule has 2 aromatic rings. The number of nitrogens with one attached hydrogen (secondary N) is 1. The number of anilines is 1. The molecule has 0 bridgehead atoms. The van der Waals surface area contributed by atoms with Gasteiger partial charge in [0.15, 0.2) is 6.10 Å². The zero-order chi connectivity index (χ0) is 16.2. The van der Waals surface area contributed by atoms with Crippen LogP contribution in [0.25, 0.3) is 11.3 Å². The average Bonchev–Trinajstić information content (AvgIpc) is 3.00. The highest BCUT2D eigenvalue weighted by Gasteiger charge is 2.24. The molecule has 0 saturated carbocycles. The number of rotatable bonds is 4. The van der Waals surface area contributed by atoms with Gasteiger partial charge in [0.1, 0.15) is 5.82 Å². The minimum atomic E-state index is -0.570. The van der Waals surface area contributed by atoms with Crippen LogP contribution in [0.4, 0.5) is 5.82 Å². The van der Waals surface area contributed by atoms with Crippen LogP contribution in [0.5, 0.6) is 0 Å². The molecule has 6 heteroatoms. The van der Waals surface area contributed by atoms with Crippen molar-refractivity contribution >= 4 is 11.7 Å². The largest absolute Gasteiger partial charge is 0.376 e. The van der Waals surface area contributed by atoms with E-state index in [0.29, 0.717) is 19.0 Å². The number of hydrogen-bond donors (Lipinski definition) is 1. The van der Waals surface area contributed by atoms with Crippen LogP contribution in [0.2, 0.25) is 0 Å². The molecular weight excluding hydrogens is 294 g/mol. The van der Waals surface area contributed by atoms with Gasteiger partial charge < -0.3 is 14.8 Å². The quantitative estimate of drug-likeness (QED) is 0.941. The molecule has 0 aliphatic carbocycles. The van der Waals surface area contributed by atoms with E-state index in [1.54, 1.807) is 0 Å². The molecule has 1 saturated heterocycles. The monoisotopic (exact) mass is 315 g/mol. The van der Waals surface area contributed by atoms with Crippen LogP contribution in [-0.2, 0) is 14.3 Å². The van der Waals surface area contributed by atoms with E-state index in [-0.39, 0.29) is 18.6 Å². The second kappa shape index (κ2) is 6.93. The second-order valence-corrected chi connectivity index (χ2v) is 5.74. The number of carbonyl (C=O) groups is 1. The van der Waals surface area contributed by atoms with Crippen LogP contribution in [-0.4, -0.2) is 41.6 Å². The molecule has 1 aliphatic rings. The van der Waals surface area contributed by atoms with Crippen molar-refractivity contribution in [2.75, 3.05) is 25.1 Å². The molecule has 1 aromatic carbocycles. The van der Waals surface area contributed by atoms with Gasteiger partial charge in [-0.2, -0.15) is 5.10 Å². The molecule has 3 rings (SSSR count). The Morgan fingerprint density at radius 2 is 2.09 bits per heavy atom. The van der Waals surface area contributed by atoms with Crippen molar-refractivity contribution in [1.29, 1.82) is 0 Å². The van der Waals surface area contributed by atoms with Gasteiger partial charge in [-0.15, -0.1) is 0 Å². The number of carbonyl (C=O) groups excluding carboxylic acids is 1. The summed E-state index contributed by atoms with van der Waals surface area (Å²) in [4.78, 5) is 12.3. The van der Waals surface area contributed by atoms with Crippen molar-refractivity contribution < 1.29 is 14.3 Å². The Morgan fingerprint density at radius 3 is 2.74 bits per heavy atom. The van der Waals surface area contributed by atoms with Gasteiger partial charge in [-0.3, -0.25) is 4.79 Å². The summed E-state index contributed by atoms with van der Waals surface area (Å²) in [6.07, 6.45) is -0.570. The maximum Gasteiger partial charge on any atom is 0.257 e. The van der Waals surface area contributed by atoms with Gasteiger partial charge in [-0.05, 0) is 13.8 Å². The van der Waals surface area contributed by atoms with Crippen LogP contribution in [0.3, 0.4) is 0 Å². The van der Waals surface area contributed by atoms with E-state index in [0.717, 1.165) is 11.3 Å². The van der Waals surface area contributed by atoms with E-state index in [1.807, 2.05) is 54.9 Å². The average molecular weight is 315 g/mol. The smallest absolute Gasteiger partial charge is 0.257 e. The lowest BCUT2D eigenvalue weighted by atomic mass is 10.1. The Kier molecular flexibility index (Phi) is 4.73. The first kappa shape index (κ1) is 15.7. The summed E-state index contributed by atoms with van der Waals surface area (Å²) in [7, 11) is 0. The zero-order valence-corrected chi connectivity index (χ0v) is 13.4. The second-order valence-electron chi connectivity index (χ2n) is 5.74. The Labute approximate surface area is 135 Å². The molecule has 122 valence electrons. The van der Waals surface area contributed by atoms with Crippen molar-refractivity contribution in [3.8, 4) is 11.3 Å². The van der Waals surface area contributed by atoms with Gasteiger partial charge >= 0.3 is 0 Å². The van der Waals surface area contributed by atoms with Gasteiger partial charge in [-0.1, -0.05) is 30.3 Å². The normalized spacial score (nSPS) is 18.1. The fourth-order valence-corrected chi connectivity index (χ4v) is 2.48. The lowest BCUT2D eigenvalue weighted by Gasteiger charge is -2.22. The van der Waals surface area contributed by atoms with Gasteiger partial charge in [0.2, 0.25) is 0 Å². The Balaban J connectivity index is 1.83. The third-order valence-electron chi connectivity index (χ3n) is 3.65. The molecule has 0 radical (unpaired) electrons. The fraction of sp³-hybridized carbons (Fsp3) is 0.412. The Bertz CT molecular complexity index is 661. The molecule has 0 spiro atoms. The van der Waals surface area contributed by atoms with Crippen LogP contribution < -0.4 is 5.32 Å². The lowest BCUT2D eigenvalue weighted by molar-refractivity contribution is -0.142. The number of ether oxygens (including phenoxy) is 2. The maximum atomic E-state index is 12.3. The van der Waals surface area contributed by atoms with Gasteiger partial charge in [0.05, 0.1) is 25.5 Å². The van der Waals surface area contributed by atoms with Gasteiger partial charge in [0, 0.05) is 17.7 Å². The summed E-state index contributed by atoms with van der Waals surface area (Å²) in [5.74, 6) is 0.462. The molecule has 1 aromatic heterocycles. The molecule has 1 atom stereocenters. The third-order valence-corrected chi connectivity index (χ3v) is 3.65. The number of hydrogen-bond acceptors (Lipinski definition) is 4. The fourth-order valence-electron chi connectivity index (χ4n) is 2.48. The van der Waals surface area contributed by atoms with E-state index in [9.17, 15) is 4.79 Å². The van der Waals surface area contributed by atoms with E-state index >= 15 is 0 Å². The topological polar surface area (TPSA) is 65.4 Å². The molecule has 1 amide bonds. The number of benzene rings is 1. The van der Waals surface area contributed by atoms with E-state index in [4.69, 9.17) is 9.47 Å². The minimum absolute atomic E-state index is 0.131. The lowest BCUT2D eigenvalue weighted by Crippen LogP contribution is -2.39. The highest BCUT2D eigenvalue weighted by atomic mass is 16.6. The Hall–Kier alpha value is -2.18. The van der Waals surface area contributed by atoms with E-state index < -0.39 is 6.10 Å². The summed E-state index contributed by atoms with van der Waals surface area (Å²) in [6.45, 7) is 5.31. The van der Waals surface area contributed by atoms with Crippen LogP contribution in [0.1, 0.15) is 19.9 Å². The van der Waals surface area contributed by atoms with Gasteiger partial charge in [-0.25, -0.2) is 4.68 Å². The molecule has 1 aliphatic heterocycles. The number of amides is 1. The number of nitrogens with zero attached hydrogens (tertiary/aromatic N) is 2. The number of aromatic nitrogens is 2. The SMILES string of the molecule is CC(C)n1nc(-c2ccccc2)cc1NC(=O)[C@@H]1COCCO1. The first-order valence-corrected chi connectivity index (χ1v) is 7.80. The van der Waals surface area contributed by atoms with Gasteiger partial charge in [0.25, 0.3) is 5.91 Å². The van der Waals surface area contributed by atoms with Crippen molar-refractivity contribution in [3.05, 3.63) is 36.4 Å². The van der Waals surface area contributed by atoms with Crippen molar-refractivity contribution in [1.82, 2.24) is 9.78 Å². The predicted octanol–water partition coefficient (Wildman–Crippen LogP) is 2.48. The van der Waals surface area contributed by atoms with Crippen molar-refractivity contribution in [3.63, 3.8) is 0 Å². The van der Waals surface area contributed by atoms with Crippen molar-refractivity contribution in [2.45, 2.75) is 26.0 Å². The Morgan fingerprint density at radius 1 is 1.30 bits per heavy atom. The van der Waals surface area contributed by atoms with Crippen LogP contribution >= 0.6 is 0 Å². The molecule has 1 fully saturated rings. The zero-order valence-electron chi connectivity index (χ0n) is 13.4. The molecule has 23 heavy (non-hydrogen) atoms. The molecular formula is C17H21N3O3. The highest BCUT2D eigenvalue weighted by molar-refractivity contribution is 5.94. The molecule has 1 N–H and O–H groups in total. The minimum Gasteiger partial charge on any atom is -0.376 e. The summed E-state index contributed by atoms with van der Waals surface area (Å²) in [5.41, 5.74) is 1.84. The van der Waals surface area contributed by atoms with E-state index in [1.165, 1.54) is 0 Å². The first-order valence-electron chi connectivity index (χ1n) is 7.80. The van der Waals surface area contributed by atoms with Crippen LogP contribution in [0.15, 0.2) is 36.4 Å². The van der Waals surface area contributed by atoms with E-state index in [2.05, 4.69) is 10.4 Å². The summed E-state index contributed by atoms with van der Waals surface area (Å²) < 4.78 is 12.5. The summed E-state index contributed by atoms with van der Waals surface area (Å²) >= 11 is 0. The van der Waals surface area contributed by atoms with Crippen molar-refractivity contribution in [2.24, 2.45) is 0 Å². The highest BCUT2D eigenvalue weighted by Crippen LogP contribution is 2.24. The molecule has 0 unspecified atom stereocenters. The first-order chi connectivity index (χ1) is 11.1. The molecule has 2 heterocycles. The van der Waals surface area contributed by atoms with Crippen LogP contribution in [0, 0.1) is 0 Å². The summed E-state index contributed by atoms with van der Waals surface area (Å²) in [5, 5.41) is 7.52. The standard InChI is InChI=1S/C17H21N3O3/c1-12(2)20-16(18-17(21)15-11-22-8-9-23-15)10-14(19-20)13-6-4-3-5-7-13/h3-7,10,12,15H,8-9,11H2,1-2H3,(H,18,21)/t15-/m0/s1. The summed E-state index contributed by atoms with van der Waals surface area (Å²) in [6, 6.07) is 11.9.